The monoisotopic (exact) mass is 317 g/mol. The number of ether oxygens (including phenoxy) is 1. The van der Waals surface area contributed by atoms with E-state index in [-0.39, 0.29) is 5.82 Å². The highest BCUT2D eigenvalue weighted by Crippen LogP contribution is 2.21. The lowest BCUT2D eigenvalue weighted by molar-refractivity contribution is 0.290. The first kappa shape index (κ1) is 15.4. The molecule has 0 heterocycles. The maximum Gasteiger partial charge on any atom is 0.166 e. The number of hydrogen-bond acceptors (Lipinski definition) is 2. The van der Waals surface area contributed by atoms with Crippen LogP contribution in [0.25, 0.3) is 0 Å². The molecule has 0 amide bonds. The zero-order valence-electron chi connectivity index (χ0n) is 10.8. The molecule has 1 aromatic carbocycles. The lowest BCUT2D eigenvalue weighted by Crippen LogP contribution is -2.15. The SMILES string of the molecule is CCCNCCCCCOc1ccc(Br)cc1F. The Labute approximate surface area is 117 Å². The van der Waals surface area contributed by atoms with Crippen LogP contribution in [0.1, 0.15) is 32.6 Å². The topological polar surface area (TPSA) is 21.3 Å². The predicted molar refractivity (Wildman–Crippen MR) is 76.6 cm³/mol. The summed E-state index contributed by atoms with van der Waals surface area (Å²) in [4.78, 5) is 0. The summed E-state index contributed by atoms with van der Waals surface area (Å²) in [6.07, 6.45) is 4.39. The van der Waals surface area contributed by atoms with Crippen LogP contribution >= 0.6 is 15.9 Å². The van der Waals surface area contributed by atoms with E-state index >= 15 is 0 Å². The molecular formula is C14H21BrFNO. The zero-order chi connectivity index (χ0) is 13.2. The molecule has 0 atom stereocenters. The summed E-state index contributed by atoms with van der Waals surface area (Å²) in [6, 6.07) is 4.86. The van der Waals surface area contributed by atoms with Gasteiger partial charge >= 0.3 is 0 Å². The molecule has 0 aliphatic rings. The van der Waals surface area contributed by atoms with Gasteiger partial charge in [-0.15, -0.1) is 0 Å². The third-order valence-corrected chi connectivity index (χ3v) is 3.07. The molecule has 0 fully saturated rings. The normalized spacial score (nSPS) is 10.6. The van der Waals surface area contributed by atoms with Gasteiger partial charge in [-0.05, 0) is 57.0 Å². The highest BCUT2D eigenvalue weighted by atomic mass is 79.9. The fourth-order valence-corrected chi connectivity index (χ4v) is 1.94. The van der Waals surface area contributed by atoms with Crippen LogP contribution in [0.15, 0.2) is 22.7 Å². The Kier molecular flexibility index (Phi) is 8.01. The minimum atomic E-state index is -0.311. The first-order chi connectivity index (χ1) is 8.74. The van der Waals surface area contributed by atoms with E-state index in [0.29, 0.717) is 12.4 Å². The number of benzene rings is 1. The van der Waals surface area contributed by atoms with E-state index in [0.717, 1.165) is 36.8 Å². The molecule has 1 N–H and O–H groups in total. The molecule has 0 bridgehead atoms. The largest absolute Gasteiger partial charge is 0.491 e. The summed E-state index contributed by atoms with van der Waals surface area (Å²) in [6.45, 7) is 4.88. The third-order valence-electron chi connectivity index (χ3n) is 2.58. The molecule has 0 unspecified atom stereocenters. The van der Waals surface area contributed by atoms with E-state index in [4.69, 9.17) is 4.74 Å². The van der Waals surface area contributed by atoms with Gasteiger partial charge < -0.3 is 10.1 Å². The molecule has 0 aliphatic carbocycles. The second-order valence-corrected chi connectivity index (χ2v) is 5.15. The van der Waals surface area contributed by atoms with E-state index in [1.54, 1.807) is 12.1 Å². The minimum Gasteiger partial charge on any atom is -0.491 e. The summed E-state index contributed by atoms with van der Waals surface area (Å²) in [5, 5.41) is 3.35. The molecule has 18 heavy (non-hydrogen) atoms. The molecule has 0 aliphatic heterocycles. The predicted octanol–water partition coefficient (Wildman–Crippen LogP) is 4.14. The minimum absolute atomic E-state index is 0.311. The van der Waals surface area contributed by atoms with Gasteiger partial charge in [0, 0.05) is 4.47 Å². The molecule has 1 rings (SSSR count). The second kappa shape index (κ2) is 9.34. The van der Waals surface area contributed by atoms with Crippen molar-refractivity contribution in [1.29, 1.82) is 0 Å². The summed E-state index contributed by atoms with van der Waals surface area (Å²) in [5.41, 5.74) is 0. The van der Waals surface area contributed by atoms with Crippen molar-refractivity contribution in [1.82, 2.24) is 5.32 Å². The Hall–Kier alpha value is -0.610. The van der Waals surface area contributed by atoms with Crippen molar-refractivity contribution < 1.29 is 9.13 Å². The third kappa shape index (κ3) is 6.36. The van der Waals surface area contributed by atoms with Crippen molar-refractivity contribution in [2.45, 2.75) is 32.6 Å². The van der Waals surface area contributed by atoms with Gasteiger partial charge in [-0.3, -0.25) is 0 Å². The maximum absolute atomic E-state index is 13.4. The Morgan fingerprint density at radius 2 is 2.06 bits per heavy atom. The summed E-state index contributed by atoms with van der Waals surface area (Å²) >= 11 is 3.22. The first-order valence-corrected chi connectivity index (χ1v) is 7.32. The van der Waals surface area contributed by atoms with E-state index in [9.17, 15) is 4.39 Å². The van der Waals surface area contributed by atoms with Gasteiger partial charge in [0.15, 0.2) is 11.6 Å². The Bertz CT molecular complexity index is 347. The van der Waals surface area contributed by atoms with Crippen LogP contribution in [0.5, 0.6) is 5.75 Å². The fraction of sp³-hybridized carbons (Fsp3) is 0.571. The molecule has 0 saturated heterocycles. The van der Waals surface area contributed by atoms with Gasteiger partial charge in [0.2, 0.25) is 0 Å². The molecular weight excluding hydrogens is 297 g/mol. The van der Waals surface area contributed by atoms with Gasteiger partial charge in [-0.25, -0.2) is 4.39 Å². The molecule has 0 saturated carbocycles. The van der Waals surface area contributed by atoms with Gasteiger partial charge in [0.25, 0.3) is 0 Å². The highest BCUT2D eigenvalue weighted by molar-refractivity contribution is 9.10. The Morgan fingerprint density at radius 1 is 1.22 bits per heavy atom. The van der Waals surface area contributed by atoms with Crippen LogP contribution in [0.2, 0.25) is 0 Å². The van der Waals surface area contributed by atoms with E-state index in [2.05, 4.69) is 28.2 Å². The van der Waals surface area contributed by atoms with Gasteiger partial charge in [0.1, 0.15) is 0 Å². The average molecular weight is 318 g/mol. The molecule has 0 spiro atoms. The van der Waals surface area contributed by atoms with E-state index in [1.165, 1.54) is 12.5 Å². The van der Waals surface area contributed by atoms with Crippen LogP contribution in [0, 0.1) is 5.82 Å². The molecule has 102 valence electrons. The quantitative estimate of drug-likeness (QED) is 0.691. The van der Waals surface area contributed by atoms with Crippen LogP contribution in [-0.4, -0.2) is 19.7 Å². The van der Waals surface area contributed by atoms with Crippen LogP contribution < -0.4 is 10.1 Å². The lowest BCUT2D eigenvalue weighted by atomic mass is 10.2. The van der Waals surface area contributed by atoms with Crippen LogP contribution in [-0.2, 0) is 0 Å². The standard InChI is InChI=1S/C14H21BrFNO/c1-2-8-17-9-4-3-5-10-18-14-7-6-12(15)11-13(14)16/h6-7,11,17H,2-5,8-10H2,1H3. The molecule has 0 aromatic heterocycles. The first-order valence-electron chi connectivity index (χ1n) is 6.52. The van der Waals surface area contributed by atoms with Gasteiger partial charge in [-0.1, -0.05) is 22.9 Å². The second-order valence-electron chi connectivity index (χ2n) is 4.23. The molecule has 0 radical (unpaired) electrons. The van der Waals surface area contributed by atoms with Crippen molar-refractivity contribution in [2.24, 2.45) is 0 Å². The number of hydrogen-bond donors (Lipinski definition) is 1. The fourth-order valence-electron chi connectivity index (χ4n) is 1.61. The molecule has 4 heteroatoms. The van der Waals surface area contributed by atoms with Crippen molar-refractivity contribution in [3.8, 4) is 5.75 Å². The number of halogens is 2. The zero-order valence-corrected chi connectivity index (χ0v) is 12.4. The summed E-state index contributed by atoms with van der Waals surface area (Å²) < 4.78 is 19.5. The number of nitrogens with one attached hydrogen (secondary N) is 1. The number of rotatable bonds is 9. The van der Waals surface area contributed by atoms with Gasteiger partial charge in [-0.2, -0.15) is 0 Å². The van der Waals surface area contributed by atoms with E-state index < -0.39 is 0 Å². The molecule has 1 aromatic rings. The highest BCUT2D eigenvalue weighted by Gasteiger charge is 2.03. The van der Waals surface area contributed by atoms with Crippen LogP contribution in [0.3, 0.4) is 0 Å². The average Bonchev–Trinajstić information content (AvgIpc) is 2.35. The van der Waals surface area contributed by atoms with Crippen molar-refractivity contribution in [3.63, 3.8) is 0 Å². The van der Waals surface area contributed by atoms with Crippen LogP contribution in [0.4, 0.5) is 4.39 Å². The maximum atomic E-state index is 13.4. The van der Waals surface area contributed by atoms with Crippen molar-refractivity contribution in [2.75, 3.05) is 19.7 Å². The smallest absolute Gasteiger partial charge is 0.166 e. The number of unbranched alkanes of at least 4 members (excludes halogenated alkanes) is 2. The van der Waals surface area contributed by atoms with E-state index in [1.807, 2.05) is 0 Å². The van der Waals surface area contributed by atoms with Crippen molar-refractivity contribution >= 4 is 15.9 Å². The Morgan fingerprint density at radius 3 is 2.78 bits per heavy atom. The molecule has 2 nitrogen and oxygen atoms in total. The summed E-state index contributed by atoms with van der Waals surface area (Å²) in [5.74, 6) is 0.0243. The van der Waals surface area contributed by atoms with Gasteiger partial charge in [0.05, 0.1) is 6.61 Å². The Balaban J connectivity index is 2.07. The lowest BCUT2D eigenvalue weighted by Gasteiger charge is -2.07. The van der Waals surface area contributed by atoms with Crippen molar-refractivity contribution in [3.05, 3.63) is 28.5 Å². The summed E-state index contributed by atoms with van der Waals surface area (Å²) in [7, 11) is 0.